The highest BCUT2D eigenvalue weighted by molar-refractivity contribution is 8.76. The van der Waals surface area contributed by atoms with Crippen molar-refractivity contribution in [3.05, 3.63) is 119 Å². The molecular weight excluding hydrogens is 633 g/mol. The molecule has 0 radical (unpaired) electrons. The minimum atomic E-state index is 0.142. The van der Waals surface area contributed by atoms with Crippen LogP contribution in [0.1, 0.15) is 51.8 Å². The summed E-state index contributed by atoms with van der Waals surface area (Å²) >= 11 is 0. The molecule has 6 nitrogen and oxygen atoms in total. The van der Waals surface area contributed by atoms with Crippen LogP contribution in [-0.4, -0.2) is 79.1 Å². The number of pyridine rings is 1. The second-order valence-electron chi connectivity index (χ2n) is 12.2. The van der Waals surface area contributed by atoms with Crippen molar-refractivity contribution < 1.29 is 19.7 Å². The van der Waals surface area contributed by atoms with Gasteiger partial charge in [-0.1, -0.05) is 45.9 Å². The smallest absolute Gasteiger partial charge is 0.208 e. The minimum absolute atomic E-state index is 0.142. The highest BCUT2D eigenvalue weighted by atomic mass is 33.1. The van der Waals surface area contributed by atoms with E-state index >= 15 is 0 Å². The number of rotatable bonds is 19. The third kappa shape index (κ3) is 11.3. The molecule has 48 heavy (non-hydrogen) atoms. The first-order valence-electron chi connectivity index (χ1n) is 17.5. The van der Waals surface area contributed by atoms with Gasteiger partial charge in [-0.3, -0.25) is 4.90 Å². The van der Waals surface area contributed by atoms with Crippen molar-refractivity contribution in [1.29, 1.82) is 0 Å². The molecule has 0 spiro atoms. The van der Waals surface area contributed by atoms with E-state index in [4.69, 9.17) is 0 Å². The zero-order valence-corrected chi connectivity index (χ0v) is 31.0. The number of nitrogens with zero attached hydrogens (tertiary/aromatic N) is 3. The topological polar surface area (TPSA) is 55.3 Å². The molecule has 2 aliphatic rings. The van der Waals surface area contributed by atoms with Crippen molar-refractivity contribution in [3.63, 3.8) is 0 Å². The number of aliphatic hydroxyl groups excluding tert-OH is 2. The molecule has 8 heteroatoms. The van der Waals surface area contributed by atoms with E-state index in [-0.39, 0.29) is 13.2 Å². The summed E-state index contributed by atoms with van der Waals surface area (Å²) in [6.07, 6.45) is 19.8. The number of hydrogen-bond donors (Lipinski definition) is 3. The monoisotopic (exact) mass is 688 g/mol. The standard InChI is InChI=1S/C40H55N4O2S2/c1-5-41(37-17-13-35(14-18-37)31-33(3)39-11-7-9-21-43(39)23-27-45)25-29-47-48-30-26-42(6-2)38-19-15-36(16-20-38)32-34(4)40-12-8-10-22-44(40)24-28-46/h7-15,17-19,22,31-32,45-46H,5-6,16,20-21,23-30H2,1-4H3/q+1/p+1/b33-31+. The van der Waals surface area contributed by atoms with Crippen molar-refractivity contribution in [1.82, 2.24) is 4.90 Å². The van der Waals surface area contributed by atoms with Gasteiger partial charge in [0.05, 0.1) is 6.61 Å². The first-order valence-corrected chi connectivity index (χ1v) is 20.0. The van der Waals surface area contributed by atoms with Gasteiger partial charge in [-0.2, -0.15) is 4.57 Å². The van der Waals surface area contributed by atoms with E-state index in [1.807, 2.05) is 33.9 Å². The first kappa shape index (κ1) is 37.8. The normalized spacial score (nSPS) is 16.8. The summed E-state index contributed by atoms with van der Waals surface area (Å²) in [5.74, 6) is 2.21. The number of aromatic nitrogens is 1. The molecule has 3 N–H and O–H groups in total. The van der Waals surface area contributed by atoms with E-state index in [1.165, 1.54) is 44.3 Å². The number of aliphatic hydroxyl groups is 2. The van der Waals surface area contributed by atoms with Crippen LogP contribution >= 0.6 is 21.6 Å². The molecule has 2 aromatic rings. The lowest BCUT2D eigenvalue weighted by atomic mass is 9.98. The van der Waals surface area contributed by atoms with Crippen molar-refractivity contribution in [2.45, 2.75) is 47.1 Å². The first-order chi connectivity index (χ1) is 23.5. The van der Waals surface area contributed by atoms with Gasteiger partial charge in [-0.05, 0) is 100 Å². The van der Waals surface area contributed by atoms with Gasteiger partial charge >= 0.3 is 0 Å². The molecule has 258 valence electrons. The van der Waals surface area contributed by atoms with Gasteiger partial charge in [0.25, 0.3) is 0 Å². The summed E-state index contributed by atoms with van der Waals surface area (Å²) in [6, 6.07) is 15.1. The average molecular weight is 689 g/mol. The van der Waals surface area contributed by atoms with E-state index in [2.05, 4.69) is 121 Å². The molecule has 0 saturated heterocycles. The Morgan fingerprint density at radius 3 is 2.27 bits per heavy atom. The molecule has 0 fully saturated rings. The fraction of sp³-hybridized carbons (Fsp3) is 0.425. The summed E-state index contributed by atoms with van der Waals surface area (Å²) in [7, 11) is 3.97. The van der Waals surface area contributed by atoms with Gasteiger partial charge in [0.1, 0.15) is 25.4 Å². The number of nitrogens with one attached hydrogen (secondary N) is 1. The lowest BCUT2D eigenvalue weighted by Gasteiger charge is -2.28. The van der Waals surface area contributed by atoms with Crippen molar-refractivity contribution in [2.75, 3.05) is 68.9 Å². The van der Waals surface area contributed by atoms with E-state index < -0.39 is 0 Å². The van der Waals surface area contributed by atoms with E-state index in [1.54, 1.807) is 0 Å². The number of benzene rings is 1. The lowest BCUT2D eigenvalue weighted by Crippen LogP contribution is -3.11. The minimum Gasteiger partial charge on any atom is -0.390 e. The largest absolute Gasteiger partial charge is 0.390 e. The number of quaternary nitrogens is 1. The SMILES string of the molecule is CCN(CCSSCCN(CC)c1ccc(/C=C(\C)C2=CC=CC[NH+]2CCO)cc1)C1=CC=C(/C=C(\C)c2cccc[n+]2CCO)CC1. The number of anilines is 1. The van der Waals surface area contributed by atoms with Gasteiger partial charge in [0.2, 0.25) is 5.69 Å². The quantitative estimate of drug-likeness (QED) is 0.0966. The van der Waals surface area contributed by atoms with Crippen LogP contribution in [0.15, 0.2) is 108 Å². The molecule has 4 rings (SSSR count). The van der Waals surface area contributed by atoms with Crippen LogP contribution in [0.4, 0.5) is 5.69 Å². The Labute approximate surface area is 297 Å². The van der Waals surface area contributed by atoms with Gasteiger partial charge in [-0.25, -0.2) is 0 Å². The Morgan fingerprint density at radius 2 is 1.60 bits per heavy atom. The van der Waals surface area contributed by atoms with Crippen LogP contribution in [0.2, 0.25) is 0 Å². The molecule has 1 aromatic carbocycles. The van der Waals surface area contributed by atoms with Crippen LogP contribution in [0.25, 0.3) is 11.6 Å². The zero-order valence-electron chi connectivity index (χ0n) is 29.4. The molecular formula is C40H56N4O2S2+2. The Balaban J connectivity index is 1.21. The van der Waals surface area contributed by atoms with Crippen LogP contribution in [0.3, 0.4) is 0 Å². The molecule has 1 aliphatic heterocycles. The van der Waals surface area contributed by atoms with Crippen LogP contribution in [0.5, 0.6) is 0 Å². The molecule has 0 amide bonds. The fourth-order valence-electron chi connectivity index (χ4n) is 6.40. The maximum Gasteiger partial charge on any atom is 0.208 e. The van der Waals surface area contributed by atoms with Gasteiger partial charge in [0.15, 0.2) is 12.7 Å². The average Bonchev–Trinajstić information content (AvgIpc) is 3.11. The molecule has 0 saturated carbocycles. The van der Waals surface area contributed by atoms with E-state index in [0.29, 0.717) is 6.54 Å². The number of allylic oxidation sites excluding steroid dienone is 9. The highest BCUT2D eigenvalue weighted by Gasteiger charge is 2.18. The Morgan fingerprint density at radius 1 is 0.854 bits per heavy atom. The van der Waals surface area contributed by atoms with Gasteiger partial charge in [-0.15, -0.1) is 0 Å². The Kier molecular flexibility index (Phi) is 16.1. The third-order valence-corrected chi connectivity index (χ3v) is 11.4. The van der Waals surface area contributed by atoms with Crippen LogP contribution in [-0.2, 0) is 6.54 Å². The summed E-state index contributed by atoms with van der Waals surface area (Å²) in [6.45, 7) is 15.6. The highest BCUT2D eigenvalue weighted by Crippen LogP contribution is 2.27. The third-order valence-electron chi connectivity index (χ3n) is 9.01. The zero-order chi connectivity index (χ0) is 34.1. The molecule has 1 aliphatic carbocycles. The van der Waals surface area contributed by atoms with Crippen molar-refractivity contribution >= 4 is 38.9 Å². The Bertz CT molecular complexity index is 1490. The van der Waals surface area contributed by atoms with Gasteiger partial charge < -0.3 is 20.0 Å². The summed E-state index contributed by atoms with van der Waals surface area (Å²) in [5.41, 5.74) is 10.2. The predicted octanol–water partition coefficient (Wildman–Crippen LogP) is 5.94. The van der Waals surface area contributed by atoms with E-state index in [0.717, 1.165) is 69.3 Å². The molecule has 1 aromatic heterocycles. The fourth-order valence-corrected chi connectivity index (χ4v) is 8.38. The van der Waals surface area contributed by atoms with E-state index in [9.17, 15) is 10.2 Å². The molecule has 1 atom stereocenters. The molecule has 2 heterocycles. The summed E-state index contributed by atoms with van der Waals surface area (Å²) < 4.78 is 2.12. The summed E-state index contributed by atoms with van der Waals surface area (Å²) in [4.78, 5) is 6.31. The number of hydrogen-bond acceptors (Lipinski definition) is 6. The lowest BCUT2D eigenvalue weighted by molar-refractivity contribution is -0.853. The van der Waals surface area contributed by atoms with Crippen molar-refractivity contribution in [3.8, 4) is 0 Å². The molecule has 0 bridgehead atoms. The summed E-state index contributed by atoms with van der Waals surface area (Å²) in [5, 5.41) is 18.9. The maximum atomic E-state index is 9.46. The predicted molar refractivity (Wildman–Crippen MR) is 208 cm³/mol. The van der Waals surface area contributed by atoms with Gasteiger partial charge in [0, 0.05) is 72.3 Å². The van der Waals surface area contributed by atoms with Crippen molar-refractivity contribution in [2.24, 2.45) is 0 Å². The Hall–Kier alpha value is -3.01. The molecule has 1 unspecified atom stereocenters. The second-order valence-corrected chi connectivity index (χ2v) is 14.9. The van der Waals surface area contributed by atoms with Crippen LogP contribution < -0.4 is 14.4 Å². The second kappa shape index (κ2) is 20.5. The maximum absolute atomic E-state index is 9.46. The van der Waals surface area contributed by atoms with Crippen LogP contribution in [0, 0.1) is 0 Å².